The molecule has 1 aromatic rings. The van der Waals surface area contributed by atoms with Gasteiger partial charge in [0.15, 0.2) is 0 Å². The molecule has 4 nitrogen and oxygen atoms in total. The van der Waals surface area contributed by atoms with E-state index in [1.165, 1.54) is 6.07 Å². The molecule has 6 heteroatoms. The molecule has 126 valence electrons. The zero-order chi connectivity index (χ0) is 15.5. The van der Waals surface area contributed by atoms with Gasteiger partial charge >= 0.3 is 0 Å². The monoisotopic (exact) mass is 332 g/mol. The standard InChI is InChI=1S/C16H25FN2O2.ClH/c1-16(2,11-20)15(19-9-7-18-8-10-19)14-12(17)5-4-6-13(14)21-3;/h4-6,15,18,20H,7-11H2,1-3H3;1H/t15-;/m1./s1. The van der Waals surface area contributed by atoms with Crippen LogP contribution in [0, 0.1) is 11.2 Å². The van der Waals surface area contributed by atoms with Crippen LogP contribution in [0.3, 0.4) is 0 Å². The number of nitrogens with one attached hydrogen (secondary N) is 1. The maximum atomic E-state index is 14.5. The molecule has 22 heavy (non-hydrogen) atoms. The number of hydrogen-bond donors (Lipinski definition) is 2. The van der Waals surface area contributed by atoms with Crippen LogP contribution in [0.5, 0.6) is 5.75 Å². The molecule has 1 saturated heterocycles. The molecule has 0 spiro atoms. The second-order valence-corrected chi connectivity index (χ2v) is 6.19. The van der Waals surface area contributed by atoms with Crippen LogP contribution in [-0.2, 0) is 0 Å². The van der Waals surface area contributed by atoms with Crippen molar-refractivity contribution < 1.29 is 14.2 Å². The van der Waals surface area contributed by atoms with Crippen LogP contribution in [-0.4, -0.2) is 49.9 Å². The third-order valence-corrected chi connectivity index (χ3v) is 4.17. The van der Waals surface area contributed by atoms with Gasteiger partial charge in [-0.15, -0.1) is 12.4 Å². The predicted molar refractivity (Wildman–Crippen MR) is 88.3 cm³/mol. The van der Waals surface area contributed by atoms with Crippen LogP contribution in [0.25, 0.3) is 0 Å². The zero-order valence-corrected chi connectivity index (χ0v) is 14.3. The van der Waals surface area contributed by atoms with E-state index in [-0.39, 0.29) is 30.9 Å². The van der Waals surface area contributed by atoms with Crippen molar-refractivity contribution in [3.63, 3.8) is 0 Å². The molecular formula is C16H26ClFN2O2. The van der Waals surface area contributed by atoms with Gasteiger partial charge in [-0.2, -0.15) is 0 Å². The van der Waals surface area contributed by atoms with Crippen molar-refractivity contribution in [3.8, 4) is 5.75 Å². The van der Waals surface area contributed by atoms with Crippen LogP contribution >= 0.6 is 12.4 Å². The topological polar surface area (TPSA) is 44.7 Å². The van der Waals surface area contributed by atoms with Crippen molar-refractivity contribution in [2.75, 3.05) is 39.9 Å². The summed E-state index contributed by atoms with van der Waals surface area (Å²) in [5.41, 5.74) is 0.0771. The lowest BCUT2D eigenvalue weighted by Crippen LogP contribution is -2.49. The van der Waals surface area contributed by atoms with Gasteiger partial charge in [0, 0.05) is 49.8 Å². The molecule has 0 amide bonds. The fraction of sp³-hybridized carbons (Fsp3) is 0.625. The highest BCUT2D eigenvalue weighted by Crippen LogP contribution is 2.43. The van der Waals surface area contributed by atoms with Crippen LogP contribution in [0.2, 0.25) is 0 Å². The van der Waals surface area contributed by atoms with Crippen LogP contribution in [0.15, 0.2) is 18.2 Å². The van der Waals surface area contributed by atoms with Gasteiger partial charge in [-0.25, -0.2) is 4.39 Å². The van der Waals surface area contributed by atoms with Gasteiger partial charge in [0.05, 0.1) is 7.11 Å². The number of nitrogens with zero attached hydrogens (tertiary/aromatic N) is 1. The molecule has 0 aromatic heterocycles. The Labute approximate surface area is 138 Å². The number of halogens is 2. The molecule has 1 aliphatic rings. The molecule has 0 unspecified atom stereocenters. The Kier molecular flexibility index (Phi) is 7.06. The number of piperazine rings is 1. The van der Waals surface area contributed by atoms with Gasteiger partial charge < -0.3 is 15.2 Å². The minimum Gasteiger partial charge on any atom is -0.496 e. The first-order valence-electron chi connectivity index (χ1n) is 7.39. The minimum atomic E-state index is -0.465. The highest BCUT2D eigenvalue weighted by atomic mass is 35.5. The fourth-order valence-electron chi connectivity index (χ4n) is 3.05. The van der Waals surface area contributed by atoms with Crippen LogP contribution < -0.4 is 10.1 Å². The van der Waals surface area contributed by atoms with Gasteiger partial charge in [-0.3, -0.25) is 4.90 Å². The lowest BCUT2D eigenvalue weighted by atomic mass is 9.79. The number of ether oxygens (including phenoxy) is 1. The van der Waals surface area contributed by atoms with E-state index in [2.05, 4.69) is 10.2 Å². The van der Waals surface area contributed by atoms with Crippen molar-refractivity contribution in [2.45, 2.75) is 19.9 Å². The van der Waals surface area contributed by atoms with Crippen molar-refractivity contribution in [3.05, 3.63) is 29.6 Å². The average molecular weight is 333 g/mol. The third kappa shape index (κ3) is 3.90. The molecule has 2 rings (SSSR count). The number of aliphatic hydroxyl groups excluding tert-OH is 1. The molecule has 0 bridgehead atoms. The van der Waals surface area contributed by atoms with E-state index in [0.717, 1.165) is 26.2 Å². The van der Waals surface area contributed by atoms with Gasteiger partial charge in [0.2, 0.25) is 0 Å². The second-order valence-electron chi connectivity index (χ2n) is 6.19. The van der Waals surface area contributed by atoms with E-state index in [9.17, 15) is 9.50 Å². The largest absolute Gasteiger partial charge is 0.496 e. The summed E-state index contributed by atoms with van der Waals surface area (Å²) in [6, 6.07) is 4.67. The molecule has 0 radical (unpaired) electrons. The van der Waals surface area contributed by atoms with E-state index in [1.54, 1.807) is 19.2 Å². The lowest BCUT2D eigenvalue weighted by Gasteiger charge is -2.43. The predicted octanol–water partition coefficient (Wildman–Crippen LogP) is 2.22. The van der Waals surface area contributed by atoms with E-state index < -0.39 is 5.41 Å². The zero-order valence-electron chi connectivity index (χ0n) is 13.4. The van der Waals surface area contributed by atoms with E-state index in [1.807, 2.05) is 13.8 Å². The summed E-state index contributed by atoms with van der Waals surface area (Å²) in [4.78, 5) is 2.23. The summed E-state index contributed by atoms with van der Waals surface area (Å²) in [7, 11) is 1.55. The summed E-state index contributed by atoms with van der Waals surface area (Å²) in [6.45, 7) is 7.30. The first-order valence-corrected chi connectivity index (χ1v) is 7.39. The molecule has 1 heterocycles. The highest BCUT2D eigenvalue weighted by Gasteiger charge is 2.38. The fourth-order valence-corrected chi connectivity index (χ4v) is 3.05. The van der Waals surface area contributed by atoms with Gasteiger partial charge in [-0.05, 0) is 12.1 Å². The third-order valence-electron chi connectivity index (χ3n) is 4.17. The van der Waals surface area contributed by atoms with Crippen molar-refractivity contribution in [1.29, 1.82) is 0 Å². The Balaban J connectivity index is 0.00000242. The molecule has 2 N–H and O–H groups in total. The Hall–Kier alpha value is -0.880. The molecule has 1 aromatic carbocycles. The number of aliphatic hydroxyl groups is 1. The van der Waals surface area contributed by atoms with E-state index >= 15 is 0 Å². The Morgan fingerprint density at radius 1 is 1.36 bits per heavy atom. The number of methoxy groups -OCH3 is 1. The summed E-state index contributed by atoms with van der Waals surface area (Å²) >= 11 is 0. The van der Waals surface area contributed by atoms with Gasteiger partial charge in [0.1, 0.15) is 11.6 Å². The highest BCUT2D eigenvalue weighted by molar-refractivity contribution is 5.85. The van der Waals surface area contributed by atoms with Crippen molar-refractivity contribution in [1.82, 2.24) is 10.2 Å². The summed E-state index contributed by atoms with van der Waals surface area (Å²) in [5, 5.41) is 13.1. The number of hydrogen-bond acceptors (Lipinski definition) is 4. The molecule has 1 atom stereocenters. The maximum absolute atomic E-state index is 14.5. The van der Waals surface area contributed by atoms with Crippen molar-refractivity contribution in [2.24, 2.45) is 5.41 Å². The van der Waals surface area contributed by atoms with Crippen LogP contribution in [0.1, 0.15) is 25.5 Å². The smallest absolute Gasteiger partial charge is 0.131 e. The average Bonchev–Trinajstić information content (AvgIpc) is 2.50. The molecular weight excluding hydrogens is 307 g/mol. The summed E-state index contributed by atoms with van der Waals surface area (Å²) in [5.74, 6) is 0.263. The van der Waals surface area contributed by atoms with Gasteiger partial charge in [0.25, 0.3) is 0 Å². The second kappa shape index (κ2) is 8.11. The van der Waals surface area contributed by atoms with E-state index in [4.69, 9.17) is 4.74 Å². The Morgan fingerprint density at radius 3 is 2.55 bits per heavy atom. The summed E-state index contributed by atoms with van der Waals surface area (Å²) in [6.07, 6.45) is 0. The summed E-state index contributed by atoms with van der Waals surface area (Å²) < 4.78 is 19.9. The van der Waals surface area contributed by atoms with Crippen LogP contribution in [0.4, 0.5) is 4.39 Å². The van der Waals surface area contributed by atoms with Crippen molar-refractivity contribution >= 4 is 12.4 Å². The molecule has 0 aliphatic carbocycles. The Bertz CT molecular complexity index is 479. The molecule has 1 aliphatic heterocycles. The SMILES string of the molecule is COc1cccc(F)c1[C@@H](N1CCNCC1)C(C)(C)CO.Cl. The number of rotatable bonds is 5. The maximum Gasteiger partial charge on any atom is 0.131 e. The quantitative estimate of drug-likeness (QED) is 0.868. The number of benzene rings is 1. The molecule has 1 fully saturated rings. The van der Waals surface area contributed by atoms with Gasteiger partial charge in [-0.1, -0.05) is 19.9 Å². The lowest BCUT2D eigenvalue weighted by molar-refractivity contribution is 0.0273. The van der Waals surface area contributed by atoms with E-state index in [0.29, 0.717) is 11.3 Å². The minimum absolute atomic E-state index is 0. The normalized spacial score (nSPS) is 17.7. The molecule has 0 saturated carbocycles. The Morgan fingerprint density at radius 2 is 2.00 bits per heavy atom. The first kappa shape index (κ1) is 19.2. The first-order chi connectivity index (χ1) is 10.0.